The van der Waals surface area contributed by atoms with Crippen LogP contribution in [0.2, 0.25) is 0 Å². The monoisotopic (exact) mass is 152 g/mol. The van der Waals surface area contributed by atoms with E-state index in [-0.39, 0.29) is 11.3 Å². The van der Waals surface area contributed by atoms with Gasteiger partial charge in [-0.2, -0.15) is 0 Å². The Balaban J connectivity index is 2.63. The third-order valence-electron chi connectivity index (χ3n) is 1.88. The van der Waals surface area contributed by atoms with E-state index in [2.05, 4.69) is 0 Å². The fraction of sp³-hybridized carbons (Fsp3) is 0.500. The van der Waals surface area contributed by atoms with E-state index in [1.54, 1.807) is 14.1 Å². The molecule has 0 saturated heterocycles. The minimum atomic E-state index is -0.346. The number of hydrogen-bond acceptors (Lipinski definition) is 2. The molecule has 0 aliphatic heterocycles. The summed E-state index contributed by atoms with van der Waals surface area (Å²) in [6.45, 7) is 1.86. The fourth-order valence-corrected chi connectivity index (χ4v) is 0.916. The SMILES string of the molecule is CN(C)C(=O)C1=CC1(C)C=N. The van der Waals surface area contributed by atoms with Crippen molar-refractivity contribution in [2.45, 2.75) is 6.92 Å². The summed E-state index contributed by atoms with van der Waals surface area (Å²) in [5.41, 5.74) is 0.388. The number of nitrogens with zero attached hydrogens (tertiary/aromatic N) is 1. The van der Waals surface area contributed by atoms with Crippen LogP contribution in [0.25, 0.3) is 0 Å². The summed E-state index contributed by atoms with van der Waals surface area (Å²) >= 11 is 0. The minimum Gasteiger partial charge on any atom is -0.345 e. The molecule has 1 unspecified atom stereocenters. The molecule has 0 spiro atoms. The number of carbonyl (C=O) groups is 1. The smallest absolute Gasteiger partial charge is 0.250 e. The molecule has 1 aliphatic rings. The Labute approximate surface area is 66.2 Å². The third kappa shape index (κ3) is 1.18. The molecule has 11 heavy (non-hydrogen) atoms. The molecule has 0 bridgehead atoms. The van der Waals surface area contributed by atoms with Gasteiger partial charge in [0, 0.05) is 25.9 Å². The highest BCUT2D eigenvalue weighted by Gasteiger charge is 2.42. The van der Waals surface area contributed by atoms with Gasteiger partial charge in [0.05, 0.1) is 5.41 Å². The number of amides is 1. The van der Waals surface area contributed by atoms with Crippen molar-refractivity contribution in [2.24, 2.45) is 5.41 Å². The van der Waals surface area contributed by atoms with Gasteiger partial charge in [-0.05, 0) is 6.92 Å². The van der Waals surface area contributed by atoms with E-state index in [4.69, 9.17) is 5.41 Å². The second kappa shape index (κ2) is 2.19. The van der Waals surface area contributed by atoms with Crippen molar-refractivity contribution in [1.82, 2.24) is 4.90 Å². The molecule has 1 atom stereocenters. The van der Waals surface area contributed by atoms with Gasteiger partial charge in [-0.25, -0.2) is 0 Å². The van der Waals surface area contributed by atoms with Crippen LogP contribution < -0.4 is 0 Å². The zero-order valence-corrected chi connectivity index (χ0v) is 7.01. The number of likely N-dealkylation sites (N-methyl/N-ethyl adjacent to an activating group) is 1. The first kappa shape index (κ1) is 7.98. The molecule has 1 rings (SSSR count). The molecule has 0 aromatic carbocycles. The molecule has 60 valence electrons. The van der Waals surface area contributed by atoms with E-state index in [9.17, 15) is 4.79 Å². The Morgan fingerprint density at radius 3 is 2.55 bits per heavy atom. The molecule has 0 aromatic rings. The maximum atomic E-state index is 11.2. The number of allylic oxidation sites excluding steroid dienone is 1. The fourth-order valence-electron chi connectivity index (χ4n) is 0.916. The highest BCUT2D eigenvalue weighted by molar-refractivity contribution is 6.05. The first-order chi connectivity index (χ1) is 5.01. The summed E-state index contributed by atoms with van der Waals surface area (Å²) in [5, 5.41) is 7.03. The Bertz CT molecular complexity index is 242. The molecule has 0 heterocycles. The highest BCUT2D eigenvalue weighted by atomic mass is 16.2. The number of hydrogen-bond donors (Lipinski definition) is 1. The van der Waals surface area contributed by atoms with Crippen LogP contribution in [-0.4, -0.2) is 31.1 Å². The van der Waals surface area contributed by atoms with Crippen molar-refractivity contribution in [2.75, 3.05) is 14.1 Å². The first-order valence-electron chi connectivity index (χ1n) is 3.48. The van der Waals surface area contributed by atoms with Crippen LogP contribution in [0.4, 0.5) is 0 Å². The van der Waals surface area contributed by atoms with Crippen molar-refractivity contribution in [1.29, 1.82) is 5.41 Å². The van der Waals surface area contributed by atoms with Gasteiger partial charge in [0.2, 0.25) is 5.91 Å². The lowest BCUT2D eigenvalue weighted by atomic mass is 10.1. The predicted octanol–water partition coefficient (Wildman–Crippen LogP) is 0.670. The molecule has 1 aliphatic carbocycles. The molecular weight excluding hydrogens is 140 g/mol. The van der Waals surface area contributed by atoms with E-state index in [1.165, 1.54) is 11.1 Å². The van der Waals surface area contributed by atoms with E-state index in [0.29, 0.717) is 0 Å². The first-order valence-corrected chi connectivity index (χ1v) is 3.48. The van der Waals surface area contributed by atoms with Gasteiger partial charge in [-0.15, -0.1) is 0 Å². The van der Waals surface area contributed by atoms with E-state index in [0.717, 1.165) is 5.57 Å². The average Bonchev–Trinajstić information content (AvgIpc) is 2.62. The summed E-state index contributed by atoms with van der Waals surface area (Å²) in [6, 6.07) is 0. The van der Waals surface area contributed by atoms with Gasteiger partial charge < -0.3 is 10.3 Å². The Kier molecular flexibility index (Phi) is 1.59. The van der Waals surface area contributed by atoms with Gasteiger partial charge >= 0.3 is 0 Å². The van der Waals surface area contributed by atoms with Crippen LogP contribution >= 0.6 is 0 Å². The molecule has 0 aromatic heterocycles. The van der Waals surface area contributed by atoms with Gasteiger partial charge in [0.25, 0.3) is 0 Å². The van der Waals surface area contributed by atoms with Crippen molar-refractivity contribution in [3.8, 4) is 0 Å². The Morgan fingerprint density at radius 2 is 2.27 bits per heavy atom. The molecule has 3 nitrogen and oxygen atoms in total. The van der Waals surface area contributed by atoms with Crippen LogP contribution in [0.15, 0.2) is 11.6 Å². The lowest BCUT2D eigenvalue weighted by molar-refractivity contribution is -0.124. The van der Waals surface area contributed by atoms with E-state index < -0.39 is 0 Å². The van der Waals surface area contributed by atoms with E-state index >= 15 is 0 Å². The van der Waals surface area contributed by atoms with Gasteiger partial charge in [-0.1, -0.05) is 6.08 Å². The molecule has 3 heteroatoms. The van der Waals surface area contributed by atoms with Crippen LogP contribution in [-0.2, 0) is 4.79 Å². The summed E-state index contributed by atoms with van der Waals surface area (Å²) in [5.74, 6) is 0.0102. The Morgan fingerprint density at radius 1 is 1.73 bits per heavy atom. The van der Waals surface area contributed by atoms with Crippen LogP contribution in [0.3, 0.4) is 0 Å². The summed E-state index contributed by atoms with van der Waals surface area (Å²) in [4.78, 5) is 12.8. The minimum absolute atomic E-state index is 0.0102. The van der Waals surface area contributed by atoms with Crippen molar-refractivity contribution in [3.05, 3.63) is 11.6 Å². The second-order valence-corrected chi connectivity index (χ2v) is 3.18. The molecule has 0 saturated carbocycles. The summed E-state index contributed by atoms with van der Waals surface area (Å²) < 4.78 is 0. The number of rotatable bonds is 2. The predicted molar refractivity (Wildman–Crippen MR) is 43.7 cm³/mol. The maximum Gasteiger partial charge on any atom is 0.250 e. The molecule has 0 radical (unpaired) electrons. The maximum absolute atomic E-state index is 11.2. The van der Waals surface area contributed by atoms with Gasteiger partial charge in [-0.3, -0.25) is 4.79 Å². The zero-order chi connectivity index (χ0) is 8.65. The third-order valence-corrected chi connectivity index (χ3v) is 1.88. The molecular formula is C8H12N2O. The van der Waals surface area contributed by atoms with Gasteiger partial charge in [0.1, 0.15) is 0 Å². The highest BCUT2D eigenvalue weighted by Crippen LogP contribution is 2.42. The zero-order valence-electron chi connectivity index (χ0n) is 7.01. The topological polar surface area (TPSA) is 44.2 Å². The number of nitrogens with one attached hydrogen (secondary N) is 1. The van der Waals surface area contributed by atoms with Crippen molar-refractivity contribution < 1.29 is 4.79 Å². The largest absolute Gasteiger partial charge is 0.345 e. The van der Waals surface area contributed by atoms with E-state index in [1.807, 2.05) is 13.0 Å². The quantitative estimate of drug-likeness (QED) is 0.581. The van der Waals surface area contributed by atoms with Crippen molar-refractivity contribution in [3.63, 3.8) is 0 Å². The number of carbonyl (C=O) groups excluding carboxylic acids is 1. The standard InChI is InChI=1S/C8H12N2O/c1-8(5-9)4-6(8)7(11)10(2)3/h4-5,9H,1-3H3. The molecule has 0 fully saturated rings. The van der Waals surface area contributed by atoms with Crippen LogP contribution in [0.5, 0.6) is 0 Å². The summed E-state index contributed by atoms with van der Waals surface area (Å²) in [7, 11) is 3.43. The van der Waals surface area contributed by atoms with Crippen LogP contribution in [0, 0.1) is 10.8 Å². The Hall–Kier alpha value is -1.12. The normalized spacial score (nSPS) is 27.4. The summed E-state index contributed by atoms with van der Waals surface area (Å²) in [6.07, 6.45) is 3.10. The molecule has 1 N–H and O–H groups in total. The lowest BCUT2D eigenvalue weighted by Crippen LogP contribution is -2.23. The molecule has 1 amide bonds. The lowest BCUT2D eigenvalue weighted by Gasteiger charge is -2.10. The van der Waals surface area contributed by atoms with Gasteiger partial charge in [0.15, 0.2) is 0 Å². The van der Waals surface area contributed by atoms with Crippen molar-refractivity contribution >= 4 is 12.1 Å². The van der Waals surface area contributed by atoms with Crippen LogP contribution in [0.1, 0.15) is 6.92 Å². The average molecular weight is 152 g/mol. The second-order valence-electron chi connectivity index (χ2n) is 3.18.